The molecule has 8 heteroatoms. The SMILES string of the molecule is CN=C(NCc1ccc(CN2CCCC2=O)cc1)NCC(C)(C)N1CCOCC1.I. The summed E-state index contributed by atoms with van der Waals surface area (Å²) in [6.07, 6.45) is 1.67. The molecule has 168 valence electrons. The topological polar surface area (TPSA) is 69.2 Å². The Balaban J connectivity index is 0.00000320. The summed E-state index contributed by atoms with van der Waals surface area (Å²) < 4.78 is 5.46. The lowest BCUT2D eigenvalue weighted by molar-refractivity contribution is -0.128. The molecule has 0 radical (unpaired) electrons. The molecule has 7 nitrogen and oxygen atoms in total. The van der Waals surface area contributed by atoms with Gasteiger partial charge in [0.2, 0.25) is 5.91 Å². The van der Waals surface area contributed by atoms with E-state index in [0.717, 1.165) is 51.8 Å². The van der Waals surface area contributed by atoms with Crippen molar-refractivity contribution in [2.45, 2.75) is 45.3 Å². The molecule has 2 aliphatic heterocycles. The zero-order chi connectivity index (χ0) is 20.7. The van der Waals surface area contributed by atoms with Gasteiger partial charge in [0, 0.05) is 58.3 Å². The number of benzene rings is 1. The van der Waals surface area contributed by atoms with Crippen molar-refractivity contribution in [3.63, 3.8) is 0 Å². The Hall–Kier alpha value is -1.39. The molecule has 3 rings (SSSR count). The van der Waals surface area contributed by atoms with Crippen LogP contribution in [-0.2, 0) is 22.6 Å². The lowest BCUT2D eigenvalue weighted by atomic mass is 10.0. The summed E-state index contributed by atoms with van der Waals surface area (Å²) in [4.78, 5) is 20.5. The molecule has 0 spiro atoms. The van der Waals surface area contributed by atoms with Crippen LogP contribution in [0.15, 0.2) is 29.3 Å². The van der Waals surface area contributed by atoms with Crippen molar-refractivity contribution in [2.24, 2.45) is 4.99 Å². The van der Waals surface area contributed by atoms with Crippen LogP contribution in [-0.4, -0.2) is 73.6 Å². The number of aliphatic imine (C=N–C) groups is 1. The maximum Gasteiger partial charge on any atom is 0.222 e. The number of nitrogens with one attached hydrogen (secondary N) is 2. The third-order valence-electron chi connectivity index (χ3n) is 5.81. The van der Waals surface area contributed by atoms with Gasteiger partial charge >= 0.3 is 0 Å². The normalized spacial score (nSPS) is 18.3. The number of guanidine groups is 1. The fraction of sp³-hybridized carbons (Fsp3) is 0.636. The molecular formula is C22H36IN5O2. The summed E-state index contributed by atoms with van der Waals surface area (Å²) in [6.45, 7) is 11.2. The van der Waals surface area contributed by atoms with Crippen LogP contribution in [0.3, 0.4) is 0 Å². The van der Waals surface area contributed by atoms with Crippen molar-refractivity contribution >= 4 is 35.8 Å². The van der Waals surface area contributed by atoms with Gasteiger partial charge < -0.3 is 20.3 Å². The van der Waals surface area contributed by atoms with E-state index in [0.29, 0.717) is 19.5 Å². The van der Waals surface area contributed by atoms with Crippen LogP contribution in [0.4, 0.5) is 0 Å². The van der Waals surface area contributed by atoms with E-state index in [1.165, 1.54) is 11.1 Å². The molecule has 0 saturated carbocycles. The minimum Gasteiger partial charge on any atom is -0.379 e. The van der Waals surface area contributed by atoms with Crippen LogP contribution < -0.4 is 10.6 Å². The smallest absolute Gasteiger partial charge is 0.222 e. The molecule has 0 bridgehead atoms. The van der Waals surface area contributed by atoms with E-state index in [4.69, 9.17) is 4.74 Å². The largest absolute Gasteiger partial charge is 0.379 e. The van der Waals surface area contributed by atoms with E-state index in [1.54, 1.807) is 7.05 Å². The first kappa shape index (κ1) is 24.9. The zero-order valence-electron chi connectivity index (χ0n) is 18.4. The van der Waals surface area contributed by atoms with Gasteiger partial charge in [-0.3, -0.25) is 14.7 Å². The number of hydrogen-bond acceptors (Lipinski definition) is 4. The second-order valence-electron chi connectivity index (χ2n) is 8.43. The maximum absolute atomic E-state index is 11.8. The number of morpholine rings is 1. The molecule has 0 aromatic heterocycles. The van der Waals surface area contributed by atoms with Gasteiger partial charge in [0.05, 0.1) is 13.2 Å². The highest BCUT2D eigenvalue weighted by Crippen LogP contribution is 2.16. The number of carbonyl (C=O) groups is 1. The molecule has 30 heavy (non-hydrogen) atoms. The lowest BCUT2D eigenvalue weighted by Gasteiger charge is -2.41. The number of nitrogens with zero attached hydrogens (tertiary/aromatic N) is 3. The van der Waals surface area contributed by atoms with Crippen molar-refractivity contribution < 1.29 is 9.53 Å². The predicted molar refractivity (Wildman–Crippen MR) is 131 cm³/mol. The Labute approximate surface area is 197 Å². The maximum atomic E-state index is 11.8. The summed E-state index contributed by atoms with van der Waals surface area (Å²) in [5, 5.41) is 6.85. The quantitative estimate of drug-likeness (QED) is 0.322. The van der Waals surface area contributed by atoms with E-state index >= 15 is 0 Å². The minimum atomic E-state index is 0. The lowest BCUT2D eigenvalue weighted by Crippen LogP contribution is -2.56. The van der Waals surface area contributed by atoms with Gasteiger partial charge in [0.1, 0.15) is 0 Å². The Morgan fingerprint density at radius 1 is 1.10 bits per heavy atom. The summed E-state index contributed by atoms with van der Waals surface area (Å²) in [5.74, 6) is 1.07. The summed E-state index contributed by atoms with van der Waals surface area (Å²) in [6, 6.07) is 8.46. The predicted octanol–water partition coefficient (Wildman–Crippen LogP) is 2.20. The summed E-state index contributed by atoms with van der Waals surface area (Å²) in [5.41, 5.74) is 2.41. The Kier molecular flexibility index (Phi) is 9.83. The highest BCUT2D eigenvalue weighted by atomic mass is 127. The molecule has 0 atom stereocenters. The van der Waals surface area contributed by atoms with Crippen molar-refractivity contribution in [1.29, 1.82) is 0 Å². The van der Waals surface area contributed by atoms with Gasteiger partial charge in [-0.25, -0.2) is 0 Å². The molecule has 2 fully saturated rings. The second kappa shape index (κ2) is 11.9. The molecule has 2 aliphatic rings. The second-order valence-corrected chi connectivity index (χ2v) is 8.43. The standard InChI is InChI=1S/C22H35N5O2.HI/c1-22(2,27-11-13-29-14-12-27)17-25-21(23-3)24-15-18-6-8-19(9-7-18)16-26-10-4-5-20(26)28;/h6-9H,4-5,10-17H2,1-3H3,(H2,23,24,25);1H. The van der Waals surface area contributed by atoms with Gasteiger partial charge in [-0.15, -0.1) is 24.0 Å². The van der Waals surface area contributed by atoms with Crippen LogP contribution >= 0.6 is 24.0 Å². The molecule has 0 unspecified atom stereocenters. The molecule has 0 aliphatic carbocycles. The molecule has 2 saturated heterocycles. The number of carbonyl (C=O) groups excluding carboxylic acids is 1. The van der Waals surface area contributed by atoms with E-state index in [-0.39, 0.29) is 35.4 Å². The molecule has 2 N–H and O–H groups in total. The van der Waals surface area contributed by atoms with E-state index in [1.807, 2.05) is 4.90 Å². The van der Waals surface area contributed by atoms with Crippen LogP contribution in [0.1, 0.15) is 37.8 Å². The Morgan fingerprint density at radius 2 is 1.77 bits per heavy atom. The number of likely N-dealkylation sites (tertiary alicyclic amines) is 1. The van der Waals surface area contributed by atoms with Crippen LogP contribution in [0.25, 0.3) is 0 Å². The first-order chi connectivity index (χ1) is 14.0. The highest BCUT2D eigenvalue weighted by molar-refractivity contribution is 14.0. The van der Waals surface area contributed by atoms with Gasteiger partial charge in [-0.05, 0) is 31.4 Å². The van der Waals surface area contributed by atoms with Gasteiger partial charge in [-0.1, -0.05) is 24.3 Å². The summed E-state index contributed by atoms with van der Waals surface area (Å²) >= 11 is 0. The number of halogens is 1. The van der Waals surface area contributed by atoms with Gasteiger partial charge in [-0.2, -0.15) is 0 Å². The van der Waals surface area contributed by atoms with Crippen LogP contribution in [0, 0.1) is 0 Å². The molecule has 1 aromatic carbocycles. The van der Waals surface area contributed by atoms with Crippen molar-refractivity contribution in [3.8, 4) is 0 Å². The average Bonchev–Trinajstić information content (AvgIpc) is 3.14. The van der Waals surface area contributed by atoms with E-state index in [9.17, 15) is 4.79 Å². The molecule has 2 heterocycles. The summed E-state index contributed by atoms with van der Waals surface area (Å²) in [7, 11) is 1.80. The van der Waals surface area contributed by atoms with Gasteiger partial charge in [0.15, 0.2) is 5.96 Å². The van der Waals surface area contributed by atoms with Crippen LogP contribution in [0.2, 0.25) is 0 Å². The van der Waals surface area contributed by atoms with Crippen LogP contribution in [0.5, 0.6) is 0 Å². The average molecular weight is 529 g/mol. The number of amides is 1. The van der Waals surface area contributed by atoms with Crippen molar-refractivity contribution in [3.05, 3.63) is 35.4 Å². The third-order valence-corrected chi connectivity index (χ3v) is 5.81. The zero-order valence-corrected chi connectivity index (χ0v) is 20.8. The number of hydrogen-bond donors (Lipinski definition) is 2. The minimum absolute atomic E-state index is 0. The van der Waals surface area contributed by atoms with Gasteiger partial charge in [0.25, 0.3) is 0 Å². The Morgan fingerprint density at radius 3 is 2.37 bits per heavy atom. The molecule has 1 amide bonds. The van der Waals surface area contributed by atoms with Crippen molar-refractivity contribution in [2.75, 3.05) is 46.4 Å². The Bertz CT molecular complexity index is 702. The highest BCUT2D eigenvalue weighted by Gasteiger charge is 2.28. The number of rotatable bonds is 7. The number of ether oxygens (including phenoxy) is 1. The van der Waals surface area contributed by atoms with Crippen molar-refractivity contribution in [1.82, 2.24) is 20.4 Å². The first-order valence-corrected chi connectivity index (χ1v) is 10.6. The van der Waals surface area contributed by atoms with E-state index in [2.05, 4.69) is 58.6 Å². The fourth-order valence-electron chi connectivity index (χ4n) is 3.84. The molecular weight excluding hydrogens is 493 g/mol. The first-order valence-electron chi connectivity index (χ1n) is 10.6. The van der Waals surface area contributed by atoms with E-state index < -0.39 is 0 Å². The molecule has 1 aromatic rings. The monoisotopic (exact) mass is 529 g/mol. The fourth-order valence-corrected chi connectivity index (χ4v) is 3.84. The third kappa shape index (κ3) is 7.09.